The molecule has 1 aliphatic rings. The quantitative estimate of drug-likeness (QED) is 0.782. The minimum atomic E-state index is -0.399. The maximum Gasteiger partial charge on any atom is 0.0914 e. The third-order valence-corrected chi connectivity index (χ3v) is 3.58. The van der Waals surface area contributed by atoms with Gasteiger partial charge in [0.1, 0.15) is 0 Å². The van der Waals surface area contributed by atoms with Gasteiger partial charge in [-0.25, -0.2) is 0 Å². The Morgan fingerprint density at radius 3 is 3.00 bits per heavy atom. The summed E-state index contributed by atoms with van der Waals surface area (Å²) in [6.45, 7) is 3.70. The van der Waals surface area contributed by atoms with E-state index in [0.29, 0.717) is 6.54 Å². The largest absolute Gasteiger partial charge is 0.387 e. The van der Waals surface area contributed by atoms with Gasteiger partial charge in [0.2, 0.25) is 0 Å². The van der Waals surface area contributed by atoms with Crippen LogP contribution in [0.5, 0.6) is 0 Å². The van der Waals surface area contributed by atoms with Crippen LogP contribution in [-0.4, -0.2) is 18.2 Å². The average molecular weight is 245 g/mol. The second-order valence-corrected chi connectivity index (χ2v) is 5.24. The molecule has 0 fully saturated rings. The summed E-state index contributed by atoms with van der Waals surface area (Å²) >= 11 is 0. The Morgan fingerprint density at radius 1 is 1.39 bits per heavy atom. The minimum Gasteiger partial charge on any atom is -0.387 e. The van der Waals surface area contributed by atoms with Crippen molar-refractivity contribution in [2.45, 2.75) is 32.3 Å². The van der Waals surface area contributed by atoms with Crippen molar-refractivity contribution in [1.82, 2.24) is 5.32 Å². The molecule has 1 aliphatic carbocycles. The van der Waals surface area contributed by atoms with Gasteiger partial charge in [0.15, 0.2) is 0 Å². The molecule has 2 atom stereocenters. The zero-order chi connectivity index (χ0) is 12.8. The zero-order valence-electron chi connectivity index (χ0n) is 11.1. The number of hydrogen-bond acceptors (Lipinski definition) is 2. The molecule has 2 unspecified atom stereocenters. The summed E-state index contributed by atoms with van der Waals surface area (Å²) in [6, 6.07) is 8.09. The monoisotopic (exact) mass is 245 g/mol. The molecule has 0 radical (unpaired) electrons. The highest BCUT2D eigenvalue weighted by atomic mass is 16.3. The molecule has 2 heteroatoms. The van der Waals surface area contributed by atoms with Gasteiger partial charge in [-0.2, -0.15) is 0 Å². The van der Waals surface area contributed by atoms with Gasteiger partial charge in [0, 0.05) is 6.54 Å². The van der Waals surface area contributed by atoms with E-state index in [0.717, 1.165) is 18.0 Å². The molecule has 0 saturated heterocycles. The Bertz CT molecular complexity index is 400. The van der Waals surface area contributed by atoms with Crippen LogP contribution in [0.4, 0.5) is 0 Å². The van der Waals surface area contributed by atoms with Gasteiger partial charge < -0.3 is 10.4 Å². The summed E-state index contributed by atoms with van der Waals surface area (Å²) < 4.78 is 0. The zero-order valence-corrected chi connectivity index (χ0v) is 11.1. The summed E-state index contributed by atoms with van der Waals surface area (Å²) in [5.41, 5.74) is 2.20. The molecule has 0 spiro atoms. The summed E-state index contributed by atoms with van der Waals surface area (Å²) in [7, 11) is 0. The lowest BCUT2D eigenvalue weighted by molar-refractivity contribution is 0.172. The molecule has 0 aliphatic heterocycles. The van der Waals surface area contributed by atoms with E-state index in [1.54, 1.807) is 0 Å². The van der Waals surface area contributed by atoms with E-state index in [4.69, 9.17) is 0 Å². The van der Waals surface area contributed by atoms with Crippen molar-refractivity contribution in [3.63, 3.8) is 0 Å². The standard InChI is InChI=1S/C16H23NO/c1-13-6-5-9-15(10-13)16(18)12-17-11-14-7-3-2-4-8-14/h2-3,5-6,9-10,14,16-18H,4,7-8,11-12H2,1H3. The van der Waals surface area contributed by atoms with Crippen LogP contribution in [0.25, 0.3) is 0 Å². The van der Waals surface area contributed by atoms with E-state index >= 15 is 0 Å². The van der Waals surface area contributed by atoms with E-state index < -0.39 is 6.10 Å². The van der Waals surface area contributed by atoms with E-state index in [1.807, 2.05) is 12.1 Å². The first-order valence-electron chi connectivity index (χ1n) is 6.86. The van der Waals surface area contributed by atoms with Crippen molar-refractivity contribution >= 4 is 0 Å². The Kier molecular flexibility index (Phi) is 4.97. The Morgan fingerprint density at radius 2 is 2.28 bits per heavy atom. The van der Waals surface area contributed by atoms with Crippen LogP contribution in [-0.2, 0) is 0 Å². The highest BCUT2D eigenvalue weighted by Crippen LogP contribution is 2.18. The van der Waals surface area contributed by atoms with Gasteiger partial charge in [-0.05, 0) is 44.2 Å². The lowest BCUT2D eigenvalue weighted by atomic mass is 9.94. The smallest absolute Gasteiger partial charge is 0.0914 e. The number of benzene rings is 1. The van der Waals surface area contributed by atoms with Gasteiger partial charge in [0.05, 0.1) is 6.10 Å². The van der Waals surface area contributed by atoms with Crippen molar-refractivity contribution in [3.8, 4) is 0 Å². The van der Waals surface area contributed by atoms with Gasteiger partial charge in [-0.1, -0.05) is 42.0 Å². The minimum absolute atomic E-state index is 0.399. The highest BCUT2D eigenvalue weighted by Gasteiger charge is 2.11. The van der Waals surface area contributed by atoms with Crippen molar-refractivity contribution in [2.75, 3.05) is 13.1 Å². The van der Waals surface area contributed by atoms with Crippen LogP contribution in [0.1, 0.15) is 36.5 Å². The summed E-state index contributed by atoms with van der Waals surface area (Å²) in [6.07, 6.45) is 7.78. The second kappa shape index (κ2) is 6.72. The maximum absolute atomic E-state index is 10.1. The van der Waals surface area contributed by atoms with Crippen LogP contribution in [0, 0.1) is 12.8 Å². The summed E-state index contributed by atoms with van der Waals surface area (Å²) in [4.78, 5) is 0. The van der Waals surface area contributed by atoms with Crippen molar-refractivity contribution in [2.24, 2.45) is 5.92 Å². The molecule has 0 bridgehead atoms. The third kappa shape index (κ3) is 3.97. The number of allylic oxidation sites excluding steroid dienone is 2. The Hall–Kier alpha value is -1.12. The van der Waals surface area contributed by atoms with Gasteiger partial charge >= 0.3 is 0 Å². The van der Waals surface area contributed by atoms with E-state index in [-0.39, 0.29) is 0 Å². The normalized spacial score (nSPS) is 20.9. The van der Waals surface area contributed by atoms with Crippen LogP contribution in [0.15, 0.2) is 36.4 Å². The molecular weight excluding hydrogens is 222 g/mol. The van der Waals surface area contributed by atoms with Crippen molar-refractivity contribution in [1.29, 1.82) is 0 Å². The molecule has 2 nitrogen and oxygen atoms in total. The number of hydrogen-bond donors (Lipinski definition) is 2. The molecule has 1 aromatic carbocycles. The number of aliphatic hydroxyl groups is 1. The number of aryl methyl sites for hydroxylation is 1. The first-order valence-corrected chi connectivity index (χ1v) is 6.86. The Labute approximate surface area is 110 Å². The van der Waals surface area contributed by atoms with E-state index in [9.17, 15) is 5.11 Å². The topological polar surface area (TPSA) is 32.3 Å². The number of aliphatic hydroxyl groups excluding tert-OH is 1. The summed E-state index contributed by atoms with van der Waals surface area (Å²) in [5.74, 6) is 0.736. The SMILES string of the molecule is Cc1cccc(C(O)CNCC2CC=CCC2)c1. The second-order valence-electron chi connectivity index (χ2n) is 5.24. The molecule has 0 heterocycles. The van der Waals surface area contributed by atoms with Crippen LogP contribution in [0.3, 0.4) is 0 Å². The number of nitrogens with one attached hydrogen (secondary N) is 1. The molecule has 0 amide bonds. The molecule has 2 rings (SSSR count). The fourth-order valence-electron chi connectivity index (χ4n) is 2.46. The fourth-order valence-corrected chi connectivity index (χ4v) is 2.46. The summed E-state index contributed by atoms with van der Waals surface area (Å²) in [5, 5.41) is 13.5. The lowest BCUT2D eigenvalue weighted by Crippen LogP contribution is -2.27. The van der Waals surface area contributed by atoms with E-state index in [2.05, 4.69) is 36.5 Å². The van der Waals surface area contributed by atoms with Crippen LogP contribution >= 0.6 is 0 Å². The van der Waals surface area contributed by atoms with Gasteiger partial charge in [-0.3, -0.25) is 0 Å². The predicted octanol–water partition coefficient (Wildman–Crippen LogP) is 2.97. The Balaban J connectivity index is 1.74. The molecule has 18 heavy (non-hydrogen) atoms. The average Bonchev–Trinajstić information content (AvgIpc) is 2.40. The molecule has 1 aromatic rings. The van der Waals surface area contributed by atoms with Crippen molar-refractivity contribution < 1.29 is 5.11 Å². The molecule has 0 saturated carbocycles. The molecule has 2 N–H and O–H groups in total. The number of rotatable bonds is 5. The first-order chi connectivity index (χ1) is 8.75. The van der Waals surface area contributed by atoms with Crippen LogP contribution < -0.4 is 5.32 Å². The van der Waals surface area contributed by atoms with E-state index in [1.165, 1.54) is 24.8 Å². The van der Waals surface area contributed by atoms with Gasteiger partial charge in [-0.15, -0.1) is 0 Å². The van der Waals surface area contributed by atoms with Gasteiger partial charge in [0.25, 0.3) is 0 Å². The van der Waals surface area contributed by atoms with Crippen molar-refractivity contribution in [3.05, 3.63) is 47.5 Å². The highest BCUT2D eigenvalue weighted by molar-refractivity contribution is 5.24. The van der Waals surface area contributed by atoms with Crippen LogP contribution in [0.2, 0.25) is 0 Å². The fraction of sp³-hybridized carbons (Fsp3) is 0.500. The third-order valence-electron chi connectivity index (χ3n) is 3.58. The molecular formula is C16H23NO. The molecule has 98 valence electrons. The predicted molar refractivity (Wildman–Crippen MR) is 75.5 cm³/mol. The lowest BCUT2D eigenvalue weighted by Gasteiger charge is -2.19. The molecule has 0 aromatic heterocycles. The maximum atomic E-state index is 10.1. The first kappa shape index (κ1) is 13.3.